The molecule has 2 heterocycles. The molecule has 0 aliphatic rings. The zero-order chi connectivity index (χ0) is 19.3. The van der Waals surface area contributed by atoms with Gasteiger partial charge in [-0.3, -0.25) is 4.79 Å². The van der Waals surface area contributed by atoms with Crippen molar-refractivity contribution in [3.63, 3.8) is 0 Å². The summed E-state index contributed by atoms with van der Waals surface area (Å²) in [6.45, 7) is 2.18. The minimum atomic E-state index is -3.56. The van der Waals surface area contributed by atoms with Crippen LogP contribution in [0.15, 0.2) is 56.5 Å². The number of aromatic nitrogens is 2. The van der Waals surface area contributed by atoms with Crippen LogP contribution in [0.3, 0.4) is 0 Å². The van der Waals surface area contributed by atoms with Crippen LogP contribution in [0.1, 0.15) is 29.5 Å². The van der Waals surface area contributed by atoms with Gasteiger partial charge in [0.15, 0.2) is 15.7 Å². The Morgan fingerprint density at radius 1 is 1.19 bits per heavy atom. The number of aryl methyl sites for hydroxylation is 2. The average Bonchev–Trinajstić information content (AvgIpc) is 3.30. The molecule has 8 nitrogen and oxygen atoms in total. The van der Waals surface area contributed by atoms with Crippen LogP contribution in [0.25, 0.3) is 0 Å². The van der Waals surface area contributed by atoms with E-state index in [9.17, 15) is 13.2 Å². The maximum Gasteiger partial charge on any atom is 0.227 e. The molecular formula is C18H19N3O5S. The fraction of sp³-hybridized carbons (Fsp3) is 0.278. The predicted molar refractivity (Wildman–Crippen MR) is 95.2 cm³/mol. The van der Waals surface area contributed by atoms with Crippen LogP contribution < -0.4 is 5.32 Å². The summed E-state index contributed by atoms with van der Waals surface area (Å²) in [7, 11) is -3.56. The van der Waals surface area contributed by atoms with Crippen LogP contribution in [0.2, 0.25) is 0 Å². The van der Waals surface area contributed by atoms with Gasteiger partial charge in [-0.05, 0) is 31.2 Å². The number of hydrogen-bond donors (Lipinski definition) is 1. The quantitative estimate of drug-likeness (QED) is 0.628. The normalized spacial score (nSPS) is 11.4. The topological polar surface area (TPSA) is 115 Å². The van der Waals surface area contributed by atoms with E-state index in [0.717, 1.165) is 5.56 Å². The van der Waals surface area contributed by atoms with Crippen molar-refractivity contribution in [1.29, 1.82) is 0 Å². The number of carbonyl (C=O) groups excluding carboxylic acids is 1. The zero-order valence-corrected chi connectivity index (χ0v) is 15.5. The molecule has 0 saturated carbocycles. The van der Waals surface area contributed by atoms with Crippen molar-refractivity contribution in [1.82, 2.24) is 15.5 Å². The van der Waals surface area contributed by atoms with Gasteiger partial charge in [0.1, 0.15) is 11.5 Å². The summed E-state index contributed by atoms with van der Waals surface area (Å²) in [5.41, 5.74) is 0.973. The molecule has 0 aliphatic carbocycles. The SMILES string of the molecule is Cc1ccc(S(=O)(=O)Cc2noc(CCC(=O)NCc3ccco3)n2)cc1. The number of nitrogens with one attached hydrogen (secondary N) is 1. The first-order chi connectivity index (χ1) is 12.9. The van der Waals surface area contributed by atoms with Gasteiger partial charge in [-0.1, -0.05) is 22.9 Å². The highest BCUT2D eigenvalue weighted by Gasteiger charge is 2.19. The molecular weight excluding hydrogens is 370 g/mol. The summed E-state index contributed by atoms with van der Waals surface area (Å²) >= 11 is 0. The average molecular weight is 389 g/mol. The molecule has 2 aromatic heterocycles. The lowest BCUT2D eigenvalue weighted by Gasteiger charge is -2.02. The molecule has 0 radical (unpaired) electrons. The summed E-state index contributed by atoms with van der Waals surface area (Å²) in [4.78, 5) is 16.1. The first-order valence-corrected chi connectivity index (χ1v) is 9.97. The highest BCUT2D eigenvalue weighted by atomic mass is 32.2. The molecule has 27 heavy (non-hydrogen) atoms. The summed E-state index contributed by atoms with van der Waals surface area (Å²) in [5, 5.41) is 6.40. The minimum absolute atomic E-state index is 0.0709. The number of nitrogens with zero attached hydrogens (tertiary/aromatic N) is 2. The monoisotopic (exact) mass is 389 g/mol. The van der Waals surface area contributed by atoms with Gasteiger partial charge < -0.3 is 14.3 Å². The molecule has 1 aromatic carbocycles. The molecule has 0 bridgehead atoms. The van der Waals surface area contributed by atoms with Gasteiger partial charge in [0.2, 0.25) is 11.8 Å². The van der Waals surface area contributed by atoms with Gasteiger partial charge in [-0.2, -0.15) is 4.98 Å². The molecule has 0 saturated heterocycles. The molecule has 0 atom stereocenters. The Morgan fingerprint density at radius 3 is 2.67 bits per heavy atom. The molecule has 1 N–H and O–H groups in total. The Kier molecular flexibility index (Phi) is 5.70. The lowest BCUT2D eigenvalue weighted by molar-refractivity contribution is -0.121. The smallest absolute Gasteiger partial charge is 0.227 e. The van der Waals surface area contributed by atoms with Crippen molar-refractivity contribution in [2.45, 2.75) is 37.0 Å². The van der Waals surface area contributed by atoms with Crippen molar-refractivity contribution in [3.05, 3.63) is 65.7 Å². The molecule has 142 valence electrons. The van der Waals surface area contributed by atoms with Crippen LogP contribution >= 0.6 is 0 Å². The number of hydrogen-bond acceptors (Lipinski definition) is 7. The summed E-state index contributed by atoms with van der Waals surface area (Å²) in [6.07, 6.45) is 1.90. The minimum Gasteiger partial charge on any atom is -0.467 e. The fourth-order valence-corrected chi connectivity index (χ4v) is 3.53. The third kappa shape index (κ3) is 5.27. The highest BCUT2D eigenvalue weighted by molar-refractivity contribution is 7.90. The Bertz CT molecular complexity index is 992. The largest absolute Gasteiger partial charge is 0.467 e. The van der Waals surface area contributed by atoms with E-state index in [2.05, 4.69) is 15.5 Å². The molecule has 0 fully saturated rings. The number of sulfone groups is 1. The van der Waals surface area contributed by atoms with Gasteiger partial charge >= 0.3 is 0 Å². The number of benzene rings is 1. The Hall–Kier alpha value is -2.94. The van der Waals surface area contributed by atoms with Crippen molar-refractivity contribution >= 4 is 15.7 Å². The zero-order valence-electron chi connectivity index (χ0n) is 14.7. The van der Waals surface area contributed by atoms with Crippen LogP contribution in [0.4, 0.5) is 0 Å². The maximum atomic E-state index is 12.4. The summed E-state index contributed by atoms with van der Waals surface area (Å²) in [5.74, 6) is 0.395. The summed E-state index contributed by atoms with van der Waals surface area (Å²) < 4.78 is 35.0. The van der Waals surface area contributed by atoms with Gasteiger partial charge in [0.05, 0.1) is 17.7 Å². The second kappa shape index (κ2) is 8.17. The fourth-order valence-electron chi connectivity index (χ4n) is 2.36. The van der Waals surface area contributed by atoms with Crippen LogP contribution in [-0.4, -0.2) is 24.5 Å². The van der Waals surface area contributed by atoms with Crippen LogP contribution in [0, 0.1) is 6.92 Å². The predicted octanol–water partition coefficient (Wildman–Crippen LogP) is 2.19. The molecule has 3 aromatic rings. The first kappa shape index (κ1) is 18.8. The van der Waals surface area contributed by atoms with Gasteiger partial charge in [0, 0.05) is 12.8 Å². The number of furan rings is 1. The van der Waals surface area contributed by atoms with Gasteiger partial charge in [-0.25, -0.2) is 8.42 Å². The van der Waals surface area contributed by atoms with E-state index in [1.54, 1.807) is 36.4 Å². The third-order valence-corrected chi connectivity index (χ3v) is 5.44. The molecule has 0 spiro atoms. The molecule has 0 unspecified atom stereocenters. The second-order valence-electron chi connectivity index (χ2n) is 6.03. The van der Waals surface area contributed by atoms with Crippen molar-refractivity contribution in [2.75, 3.05) is 0 Å². The van der Waals surface area contributed by atoms with Gasteiger partial charge in [-0.15, -0.1) is 0 Å². The van der Waals surface area contributed by atoms with Crippen molar-refractivity contribution < 1.29 is 22.2 Å². The van der Waals surface area contributed by atoms with E-state index in [1.165, 1.54) is 6.26 Å². The Balaban J connectivity index is 1.52. The van der Waals surface area contributed by atoms with Gasteiger partial charge in [0.25, 0.3) is 0 Å². The van der Waals surface area contributed by atoms with Crippen LogP contribution in [-0.2, 0) is 33.4 Å². The molecule has 0 aliphatic heterocycles. The van der Waals surface area contributed by atoms with Crippen molar-refractivity contribution in [2.24, 2.45) is 0 Å². The maximum absolute atomic E-state index is 12.4. The molecule has 1 amide bonds. The number of amides is 1. The van der Waals surface area contributed by atoms with E-state index in [4.69, 9.17) is 8.94 Å². The number of carbonyl (C=O) groups is 1. The number of rotatable bonds is 8. The second-order valence-corrected chi connectivity index (χ2v) is 8.02. The standard InChI is InChI=1S/C18H19N3O5S/c1-13-4-6-15(7-5-13)27(23,24)12-16-20-18(26-21-16)9-8-17(22)19-11-14-3-2-10-25-14/h2-7,10H,8-9,11-12H2,1H3,(H,19,22). The molecule has 3 rings (SSSR count). The van der Waals surface area contributed by atoms with E-state index >= 15 is 0 Å². The molecule has 9 heteroatoms. The third-order valence-electron chi connectivity index (χ3n) is 3.82. The van der Waals surface area contributed by atoms with Crippen LogP contribution in [0.5, 0.6) is 0 Å². The lowest BCUT2D eigenvalue weighted by atomic mass is 10.2. The van der Waals surface area contributed by atoms with Crippen molar-refractivity contribution in [3.8, 4) is 0 Å². The first-order valence-electron chi connectivity index (χ1n) is 8.32. The Labute approximate surface area is 156 Å². The van der Waals surface area contributed by atoms with E-state index in [-0.39, 0.29) is 41.1 Å². The Morgan fingerprint density at radius 2 is 1.96 bits per heavy atom. The highest BCUT2D eigenvalue weighted by Crippen LogP contribution is 2.16. The van der Waals surface area contributed by atoms with E-state index in [1.807, 2.05) is 6.92 Å². The van der Waals surface area contributed by atoms with E-state index in [0.29, 0.717) is 12.3 Å². The summed E-state index contributed by atoms with van der Waals surface area (Å²) in [6, 6.07) is 10.1. The lowest BCUT2D eigenvalue weighted by Crippen LogP contribution is -2.22. The van der Waals surface area contributed by atoms with E-state index < -0.39 is 9.84 Å².